The van der Waals surface area contributed by atoms with Crippen molar-refractivity contribution in [3.05, 3.63) is 0 Å². The van der Waals surface area contributed by atoms with Crippen LogP contribution in [0.5, 0.6) is 0 Å². The highest BCUT2D eigenvalue weighted by atomic mass is 16.5. The third-order valence-electron chi connectivity index (χ3n) is 3.82. The van der Waals surface area contributed by atoms with Gasteiger partial charge in [0.25, 0.3) is 0 Å². The number of nitrogens with two attached hydrogens (primary N) is 3. The lowest BCUT2D eigenvalue weighted by atomic mass is 10.1. The first-order valence-corrected chi connectivity index (χ1v) is 9.91. The van der Waals surface area contributed by atoms with Crippen LogP contribution in [0.2, 0.25) is 0 Å². The zero-order chi connectivity index (χ0) is 24.4. The van der Waals surface area contributed by atoms with Gasteiger partial charge in [-0.2, -0.15) is 0 Å². The van der Waals surface area contributed by atoms with Gasteiger partial charge in [-0.1, -0.05) is 0 Å². The Kier molecular flexibility index (Phi) is 16.0. The van der Waals surface area contributed by atoms with Crippen molar-refractivity contribution in [2.45, 2.75) is 31.3 Å². The van der Waals surface area contributed by atoms with Gasteiger partial charge in [0.15, 0.2) is 0 Å². The molecule has 0 aromatic carbocycles. The van der Waals surface area contributed by atoms with Gasteiger partial charge >= 0.3 is 12.1 Å². The number of aliphatic hydroxyl groups is 1. The third kappa shape index (κ3) is 14.9. The Morgan fingerprint density at radius 1 is 0.906 bits per heavy atom. The molecule has 0 fully saturated rings. The van der Waals surface area contributed by atoms with Crippen molar-refractivity contribution in [1.82, 2.24) is 21.3 Å². The number of amides is 7. The van der Waals surface area contributed by atoms with E-state index in [9.17, 15) is 24.0 Å². The van der Waals surface area contributed by atoms with Crippen molar-refractivity contribution >= 4 is 29.8 Å². The van der Waals surface area contributed by atoms with Crippen molar-refractivity contribution in [3.8, 4) is 0 Å². The zero-order valence-electron chi connectivity index (χ0n) is 17.8. The van der Waals surface area contributed by atoms with Gasteiger partial charge in [-0.15, -0.1) is 0 Å². The molecule has 11 N–H and O–H groups in total. The summed E-state index contributed by atoms with van der Waals surface area (Å²) >= 11 is 0. The summed E-state index contributed by atoms with van der Waals surface area (Å²) in [5.41, 5.74) is 15.3. The van der Waals surface area contributed by atoms with Crippen molar-refractivity contribution in [3.63, 3.8) is 0 Å². The predicted octanol–water partition coefficient (Wildman–Crippen LogP) is -4.03. The van der Waals surface area contributed by atoms with Crippen LogP contribution in [0, 0.1) is 0 Å². The number of rotatable bonds is 17. The molecule has 0 aromatic heterocycles. The summed E-state index contributed by atoms with van der Waals surface area (Å²) in [5, 5.41) is 17.9. The maximum absolute atomic E-state index is 12.3. The second kappa shape index (κ2) is 17.6. The van der Waals surface area contributed by atoms with Crippen molar-refractivity contribution in [1.29, 1.82) is 0 Å². The average Bonchev–Trinajstić information content (AvgIpc) is 2.72. The molecule has 0 rings (SSSR count). The molecule has 15 nitrogen and oxygen atoms in total. The van der Waals surface area contributed by atoms with Crippen LogP contribution in [0.25, 0.3) is 0 Å². The number of primary amides is 2. The first kappa shape index (κ1) is 29.0. The molecule has 0 aliphatic rings. The number of urea groups is 2. The lowest BCUT2D eigenvalue weighted by molar-refractivity contribution is -0.131. The van der Waals surface area contributed by atoms with Crippen molar-refractivity contribution in [2.24, 2.45) is 17.2 Å². The predicted molar refractivity (Wildman–Crippen MR) is 111 cm³/mol. The number of hydrogen-bond acceptors (Lipinski definition) is 9. The molecule has 0 heterocycles. The minimum Gasteiger partial charge on any atom is -0.394 e. The molecule has 2 unspecified atom stereocenters. The molecule has 0 radical (unpaired) electrons. The molecule has 184 valence electrons. The van der Waals surface area contributed by atoms with Gasteiger partial charge in [0.05, 0.1) is 26.4 Å². The van der Waals surface area contributed by atoms with Crippen LogP contribution in [-0.4, -0.2) is 93.1 Å². The highest BCUT2D eigenvalue weighted by Gasteiger charge is 2.20. The van der Waals surface area contributed by atoms with Crippen LogP contribution in [0.1, 0.15) is 19.3 Å². The summed E-state index contributed by atoms with van der Waals surface area (Å²) in [6.07, 6.45) is 1.57. The number of ether oxygens (including phenoxy) is 2. The van der Waals surface area contributed by atoms with Crippen LogP contribution >= 0.6 is 0 Å². The minimum absolute atomic E-state index is 0.0677. The highest BCUT2D eigenvalue weighted by molar-refractivity contribution is 5.95. The molecule has 2 atom stereocenters. The number of imide groups is 1. The topological polar surface area (TPSA) is 250 Å². The van der Waals surface area contributed by atoms with Gasteiger partial charge in [-0.25, -0.2) is 9.59 Å². The van der Waals surface area contributed by atoms with Crippen LogP contribution in [-0.2, 0) is 23.9 Å². The van der Waals surface area contributed by atoms with E-state index >= 15 is 0 Å². The lowest BCUT2D eigenvalue weighted by Gasteiger charge is -2.18. The van der Waals surface area contributed by atoms with E-state index in [4.69, 9.17) is 31.8 Å². The number of carbonyl (C=O) groups is 5. The van der Waals surface area contributed by atoms with E-state index in [-0.39, 0.29) is 33.0 Å². The van der Waals surface area contributed by atoms with Gasteiger partial charge in [0.1, 0.15) is 18.7 Å². The normalized spacial score (nSPS) is 12.3. The highest BCUT2D eigenvalue weighted by Crippen LogP contribution is 2.01. The Bertz CT molecular complexity index is 620. The van der Waals surface area contributed by atoms with E-state index in [1.807, 2.05) is 5.32 Å². The second-order valence-corrected chi connectivity index (χ2v) is 6.46. The van der Waals surface area contributed by atoms with E-state index in [1.165, 1.54) is 0 Å². The van der Waals surface area contributed by atoms with Crippen LogP contribution in [0.4, 0.5) is 9.59 Å². The largest absolute Gasteiger partial charge is 0.394 e. The second-order valence-electron chi connectivity index (χ2n) is 6.46. The van der Waals surface area contributed by atoms with E-state index < -0.39 is 48.5 Å². The number of aliphatic hydroxyl groups excluding tert-OH is 1. The molecule has 32 heavy (non-hydrogen) atoms. The fraction of sp³-hybridized carbons (Fsp3) is 0.706. The Hall–Kier alpha value is -3.01. The molecule has 7 amide bonds. The Balaban J connectivity index is 4.07. The van der Waals surface area contributed by atoms with Crippen LogP contribution in [0.15, 0.2) is 0 Å². The summed E-state index contributed by atoms with van der Waals surface area (Å²) in [7, 11) is 0. The molecule has 0 saturated heterocycles. The van der Waals surface area contributed by atoms with E-state index in [0.29, 0.717) is 25.8 Å². The van der Waals surface area contributed by atoms with Crippen molar-refractivity contribution in [2.75, 3.05) is 46.1 Å². The smallest absolute Gasteiger partial charge is 0.323 e. The SMILES string of the molecule is NCCCCC(NC(=O)NC(N)=O)C(=O)NCCOCCOCC(=O)NC(CO)C(N)=O. The molecule has 0 bridgehead atoms. The molecular formula is C17H33N7O8. The number of unbranched alkanes of at least 4 members (excludes halogenated alkanes) is 1. The molecule has 0 saturated carbocycles. The Labute approximate surface area is 185 Å². The maximum Gasteiger partial charge on any atom is 0.323 e. The van der Waals surface area contributed by atoms with E-state index in [2.05, 4.69) is 16.0 Å². The average molecular weight is 463 g/mol. The molecule has 0 aliphatic heterocycles. The van der Waals surface area contributed by atoms with Crippen molar-refractivity contribution < 1.29 is 38.6 Å². The summed E-state index contributed by atoms with van der Waals surface area (Å²) in [6, 6.07) is -3.99. The number of carbonyl (C=O) groups excluding carboxylic acids is 5. The molecule has 0 spiro atoms. The maximum atomic E-state index is 12.3. The first-order valence-electron chi connectivity index (χ1n) is 9.91. The summed E-state index contributed by atoms with van der Waals surface area (Å²) in [5.74, 6) is -1.95. The van der Waals surface area contributed by atoms with Gasteiger partial charge in [-0.3, -0.25) is 19.7 Å². The van der Waals surface area contributed by atoms with Gasteiger partial charge in [0.2, 0.25) is 17.7 Å². The van der Waals surface area contributed by atoms with Crippen LogP contribution in [0.3, 0.4) is 0 Å². The molecular weight excluding hydrogens is 430 g/mol. The third-order valence-corrected chi connectivity index (χ3v) is 3.82. The standard InChI is InChI=1S/C17H33N7O8/c18-4-2-1-3-11(23-17(30)24-16(20)29)15(28)21-5-6-31-7-8-32-10-13(26)22-12(9-25)14(19)27/h11-12,25H,1-10,18H2,(H2,19,27)(H,21,28)(H,22,26)(H4,20,23,24,29,30). The summed E-state index contributed by atoms with van der Waals surface area (Å²) < 4.78 is 10.3. The zero-order valence-corrected chi connectivity index (χ0v) is 17.8. The Morgan fingerprint density at radius 2 is 1.59 bits per heavy atom. The Morgan fingerprint density at radius 3 is 2.19 bits per heavy atom. The minimum atomic E-state index is -1.18. The monoisotopic (exact) mass is 463 g/mol. The van der Waals surface area contributed by atoms with Gasteiger partial charge in [-0.05, 0) is 25.8 Å². The van der Waals surface area contributed by atoms with E-state index in [0.717, 1.165) is 0 Å². The lowest BCUT2D eigenvalue weighted by Crippen LogP contribution is -2.52. The fourth-order valence-corrected chi connectivity index (χ4v) is 2.26. The quantitative estimate of drug-likeness (QED) is 0.0976. The fourth-order valence-electron chi connectivity index (χ4n) is 2.26. The van der Waals surface area contributed by atoms with Crippen LogP contribution < -0.4 is 38.5 Å². The van der Waals surface area contributed by atoms with Gasteiger partial charge < -0.3 is 47.7 Å². The number of hydrogen-bond donors (Lipinski definition) is 8. The first-order chi connectivity index (χ1) is 15.2. The summed E-state index contributed by atoms with van der Waals surface area (Å²) in [6.45, 7) is -0.0594. The molecule has 0 aromatic rings. The number of nitrogens with one attached hydrogen (secondary N) is 4. The molecule has 15 heteroatoms. The van der Waals surface area contributed by atoms with Gasteiger partial charge in [0, 0.05) is 6.54 Å². The summed E-state index contributed by atoms with van der Waals surface area (Å²) in [4.78, 5) is 57.0. The van der Waals surface area contributed by atoms with E-state index in [1.54, 1.807) is 0 Å². The molecule has 0 aliphatic carbocycles.